The van der Waals surface area contributed by atoms with Crippen molar-refractivity contribution in [2.24, 2.45) is 0 Å². The SMILES string of the molecule is Nc1ncnc2c1ncn2C1OC(COC(=O)c2ccc(CBr)cc2)C(O)C1O. The zero-order valence-electron chi connectivity index (χ0n) is 15.1. The molecule has 3 aromatic rings. The number of rotatable bonds is 5. The minimum Gasteiger partial charge on any atom is -0.459 e. The molecule has 0 saturated carbocycles. The van der Waals surface area contributed by atoms with Crippen molar-refractivity contribution < 1.29 is 24.5 Å². The molecule has 1 saturated heterocycles. The number of alkyl halides is 1. The Bertz CT molecular complexity index is 1030. The summed E-state index contributed by atoms with van der Waals surface area (Å²) in [6.07, 6.45) is -1.75. The lowest BCUT2D eigenvalue weighted by atomic mass is 10.1. The van der Waals surface area contributed by atoms with Gasteiger partial charge in [0.05, 0.1) is 11.9 Å². The normalized spacial score (nSPS) is 24.1. The van der Waals surface area contributed by atoms with Crippen molar-refractivity contribution in [1.29, 1.82) is 0 Å². The minimum absolute atomic E-state index is 0.193. The smallest absolute Gasteiger partial charge is 0.338 e. The lowest BCUT2D eigenvalue weighted by Crippen LogP contribution is -2.34. The average molecular weight is 464 g/mol. The van der Waals surface area contributed by atoms with Gasteiger partial charge in [-0.1, -0.05) is 28.1 Å². The Morgan fingerprint density at radius 1 is 1.21 bits per heavy atom. The van der Waals surface area contributed by atoms with Gasteiger partial charge in [-0.05, 0) is 17.7 Å². The van der Waals surface area contributed by atoms with Gasteiger partial charge < -0.3 is 25.4 Å². The van der Waals surface area contributed by atoms with Gasteiger partial charge in [-0.3, -0.25) is 4.57 Å². The van der Waals surface area contributed by atoms with E-state index in [2.05, 4.69) is 30.9 Å². The Morgan fingerprint density at radius 3 is 2.69 bits per heavy atom. The van der Waals surface area contributed by atoms with Gasteiger partial charge in [0.2, 0.25) is 0 Å². The summed E-state index contributed by atoms with van der Waals surface area (Å²) in [4.78, 5) is 24.3. The Hall–Kier alpha value is -2.60. The number of aliphatic hydroxyl groups excluding tert-OH is 2. The molecular formula is C18H18BrN5O5. The summed E-state index contributed by atoms with van der Waals surface area (Å²) >= 11 is 3.34. The van der Waals surface area contributed by atoms with E-state index in [4.69, 9.17) is 15.2 Å². The first-order valence-corrected chi connectivity index (χ1v) is 9.88. The molecule has 3 heterocycles. The molecule has 0 aliphatic carbocycles. The molecule has 4 rings (SSSR count). The highest BCUT2D eigenvalue weighted by molar-refractivity contribution is 9.08. The zero-order valence-corrected chi connectivity index (χ0v) is 16.6. The quantitative estimate of drug-likeness (QED) is 0.368. The summed E-state index contributed by atoms with van der Waals surface area (Å²) in [6, 6.07) is 6.93. The molecule has 0 spiro atoms. The molecule has 0 radical (unpaired) electrons. The van der Waals surface area contributed by atoms with E-state index in [0.717, 1.165) is 5.56 Å². The lowest BCUT2D eigenvalue weighted by molar-refractivity contribution is -0.0565. The first-order chi connectivity index (χ1) is 14.0. The molecule has 2 aromatic heterocycles. The van der Waals surface area contributed by atoms with Gasteiger partial charge in [0, 0.05) is 5.33 Å². The Labute approximate surface area is 173 Å². The lowest BCUT2D eigenvalue weighted by Gasteiger charge is -2.16. The minimum atomic E-state index is -1.27. The van der Waals surface area contributed by atoms with Crippen LogP contribution in [-0.2, 0) is 14.8 Å². The number of benzene rings is 1. The van der Waals surface area contributed by atoms with E-state index in [-0.39, 0.29) is 12.4 Å². The van der Waals surface area contributed by atoms with Crippen LogP contribution in [0.4, 0.5) is 5.82 Å². The second kappa shape index (κ2) is 8.03. The number of hydrogen-bond donors (Lipinski definition) is 3. The Kier molecular flexibility index (Phi) is 5.46. The van der Waals surface area contributed by atoms with Crippen LogP contribution >= 0.6 is 15.9 Å². The number of ether oxygens (including phenoxy) is 2. The van der Waals surface area contributed by atoms with Crippen LogP contribution < -0.4 is 5.73 Å². The number of esters is 1. The standard InChI is InChI=1S/C18H18BrN5O5/c19-5-9-1-3-10(4-2-9)18(27)28-6-11-13(25)14(26)17(29-11)24-8-23-12-15(20)21-7-22-16(12)24/h1-4,7-8,11,13-14,17,25-26H,5-6H2,(H2,20,21,22). The van der Waals surface area contributed by atoms with Crippen molar-refractivity contribution in [1.82, 2.24) is 19.5 Å². The molecule has 1 fully saturated rings. The summed E-state index contributed by atoms with van der Waals surface area (Å²) < 4.78 is 12.5. The molecule has 152 valence electrons. The predicted molar refractivity (Wildman–Crippen MR) is 105 cm³/mol. The molecule has 4 unspecified atom stereocenters. The van der Waals surface area contributed by atoms with Crippen LogP contribution in [0.1, 0.15) is 22.1 Å². The number of fused-ring (bicyclic) bond motifs is 1. The van der Waals surface area contributed by atoms with Crippen LogP contribution in [0.25, 0.3) is 11.2 Å². The zero-order chi connectivity index (χ0) is 20.5. The number of carbonyl (C=O) groups is 1. The van der Waals surface area contributed by atoms with Crippen molar-refractivity contribution in [3.8, 4) is 0 Å². The molecule has 1 aromatic carbocycles. The molecule has 11 heteroatoms. The second-order valence-electron chi connectivity index (χ2n) is 6.56. The number of aliphatic hydroxyl groups is 2. The van der Waals surface area contributed by atoms with Crippen molar-refractivity contribution in [2.75, 3.05) is 12.3 Å². The number of halogens is 1. The number of aromatic nitrogens is 4. The summed E-state index contributed by atoms with van der Waals surface area (Å²) in [5.74, 6) is -0.355. The molecule has 4 atom stereocenters. The Morgan fingerprint density at radius 2 is 1.97 bits per heavy atom. The third kappa shape index (κ3) is 3.69. The molecule has 10 nitrogen and oxygen atoms in total. The number of carbonyl (C=O) groups excluding carboxylic acids is 1. The fourth-order valence-electron chi connectivity index (χ4n) is 3.12. The van der Waals surface area contributed by atoms with Gasteiger partial charge in [-0.25, -0.2) is 19.7 Å². The predicted octanol–water partition coefficient (Wildman–Crippen LogP) is 0.780. The maximum Gasteiger partial charge on any atom is 0.338 e. The Balaban J connectivity index is 1.45. The number of imidazole rings is 1. The van der Waals surface area contributed by atoms with Gasteiger partial charge in [0.15, 0.2) is 17.7 Å². The van der Waals surface area contributed by atoms with E-state index in [1.165, 1.54) is 17.2 Å². The van der Waals surface area contributed by atoms with E-state index in [1.54, 1.807) is 12.1 Å². The fraction of sp³-hybridized carbons (Fsp3) is 0.333. The molecule has 1 aliphatic heterocycles. The van der Waals surface area contributed by atoms with Crippen LogP contribution in [0.5, 0.6) is 0 Å². The van der Waals surface area contributed by atoms with Gasteiger partial charge in [0.25, 0.3) is 0 Å². The molecule has 0 bridgehead atoms. The van der Waals surface area contributed by atoms with E-state index in [1.807, 2.05) is 12.1 Å². The first-order valence-electron chi connectivity index (χ1n) is 8.76. The van der Waals surface area contributed by atoms with Gasteiger partial charge in [0.1, 0.15) is 36.8 Å². The number of anilines is 1. The topological polar surface area (TPSA) is 146 Å². The van der Waals surface area contributed by atoms with E-state index < -0.39 is 30.5 Å². The van der Waals surface area contributed by atoms with Gasteiger partial charge in [-0.15, -0.1) is 0 Å². The van der Waals surface area contributed by atoms with Crippen molar-refractivity contribution >= 4 is 38.9 Å². The van der Waals surface area contributed by atoms with Crippen LogP contribution in [0.15, 0.2) is 36.9 Å². The third-order valence-electron chi connectivity index (χ3n) is 4.72. The molecule has 4 N–H and O–H groups in total. The van der Waals surface area contributed by atoms with Crippen molar-refractivity contribution in [3.05, 3.63) is 48.0 Å². The first kappa shape index (κ1) is 19.7. The number of nitrogens with zero attached hydrogens (tertiary/aromatic N) is 4. The molecular weight excluding hydrogens is 446 g/mol. The number of hydrogen-bond acceptors (Lipinski definition) is 9. The maximum atomic E-state index is 12.2. The van der Waals surface area contributed by atoms with Crippen LogP contribution in [0.3, 0.4) is 0 Å². The maximum absolute atomic E-state index is 12.2. The van der Waals surface area contributed by atoms with Gasteiger partial charge >= 0.3 is 5.97 Å². The molecule has 29 heavy (non-hydrogen) atoms. The summed E-state index contributed by atoms with van der Waals surface area (Å²) in [6.45, 7) is -0.225. The highest BCUT2D eigenvalue weighted by Crippen LogP contribution is 2.32. The summed E-state index contributed by atoms with van der Waals surface area (Å²) in [5, 5.41) is 21.5. The summed E-state index contributed by atoms with van der Waals surface area (Å²) in [7, 11) is 0. The van der Waals surface area contributed by atoms with Crippen LogP contribution in [0, 0.1) is 0 Å². The van der Waals surface area contributed by atoms with E-state index >= 15 is 0 Å². The molecule has 1 aliphatic rings. The summed E-state index contributed by atoms with van der Waals surface area (Å²) in [5.41, 5.74) is 7.90. The van der Waals surface area contributed by atoms with Crippen LogP contribution in [0.2, 0.25) is 0 Å². The monoisotopic (exact) mass is 463 g/mol. The highest BCUT2D eigenvalue weighted by Gasteiger charge is 2.45. The second-order valence-corrected chi connectivity index (χ2v) is 7.12. The molecule has 0 amide bonds. The average Bonchev–Trinajstić information content (AvgIpc) is 3.29. The van der Waals surface area contributed by atoms with Crippen molar-refractivity contribution in [3.63, 3.8) is 0 Å². The van der Waals surface area contributed by atoms with E-state index in [0.29, 0.717) is 22.1 Å². The van der Waals surface area contributed by atoms with E-state index in [9.17, 15) is 15.0 Å². The van der Waals surface area contributed by atoms with Crippen molar-refractivity contribution in [2.45, 2.75) is 29.9 Å². The number of nitrogens with two attached hydrogens (primary N) is 1. The fourth-order valence-corrected chi connectivity index (χ4v) is 3.50. The third-order valence-corrected chi connectivity index (χ3v) is 5.37. The van der Waals surface area contributed by atoms with Crippen LogP contribution in [-0.4, -0.2) is 60.6 Å². The largest absolute Gasteiger partial charge is 0.459 e. The number of nitrogen functional groups attached to an aromatic ring is 1. The van der Waals surface area contributed by atoms with Gasteiger partial charge in [-0.2, -0.15) is 0 Å². The highest BCUT2D eigenvalue weighted by atomic mass is 79.9.